The number of amides is 1. The van der Waals surface area contributed by atoms with E-state index >= 15 is 0 Å². The molecule has 1 N–H and O–H groups in total. The van der Waals surface area contributed by atoms with Crippen molar-refractivity contribution in [3.63, 3.8) is 0 Å². The number of nitrogens with one attached hydrogen (secondary N) is 1. The Morgan fingerprint density at radius 3 is 2.24 bits per heavy atom. The quantitative estimate of drug-likeness (QED) is 0.798. The molecule has 0 fully saturated rings. The van der Waals surface area contributed by atoms with Gasteiger partial charge in [0.15, 0.2) is 0 Å². The monoisotopic (exact) mass is 341 g/mol. The molecule has 4 heteroatoms. The molecule has 25 heavy (non-hydrogen) atoms. The van der Waals surface area contributed by atoms with Crippen molar-refractivity contribution in [3.8, 4) is 5.75 Å². The Bertz CT molecular complexity index is 700. The molecule has 0 saturated heterocycles. The van der Waals surface area contributed by atoms with Crippen LogP contribution in [-0.2, 0) is 16.1 Å². The maximum Gasteiger partial charge on any atom is 0.256 e. The fourth-order valence-corrected chi connectivity index (χ4v) is 2.69. The summed E-state index contributed by atoms with van der Waals surface area (Å²) >= 11 is 0. The lowest BCUT2D eigenvalue weighted by Gasteiger charge is -2.24. The molecule has 0 bridgehead atoms. The van der Waals surface area contributed by atoms with Crippen LogP contribution in [0.5, 0.6) is 5.75 Å². The summed E-state index contributed by atoms with van der Waals surface area (Å²) in [5, 5.41) is 2.93. The van der Waals surface area contributed by atoms with Gasteiger partial charge in [-0.3, -0.25) is 4.79 Å². The number of carbonyl (C=O) groups is 1. The Morgan fingerprint density at radius 2 is 1.68 bits per heavy atom. The second-order valence-corrected chi connectivity index (χ2v) is 6.61. The summed E-state index contributed by atoms with van der Waals surface area (Å²) in [4.78, 5) is 12.4. The third-order valence-corrected chi connectivity index (χ3v) is 4.00. The predicted molar refractivity (Wildman–Crippen MR) is 101 cm³/mol. The fraction of sp³-hybridized carbons (Fsp3) is 0.381. The summed E-state index contributed by atoms with van der Waals surface area (Å²) in [5.74, 6) is 0.692. The van der Waals surface area contributed by atoms with Crippen molar-refractivity contribution in [2.45, 2.75) is 46.8 Å². The number of anilines is 1. The molecule has 0 atom stereocenters. The molecule has 2 rings (SSSR count). The van der Waals surface area contributed by atoms with Crippen molar-refractivity contribution in [2.75, 3.05) is 11.9 Å². The summed E-state index contributed by atoms with van der Waals surface area (Å²) in [6, 6.07) is 13.9. The van der Waals surface area contributed by atoms with Crippen molar-refractivity contribution in [1.29, 1.82) is 0 Å². The first-order valence-electron chi connectivity index (χ1n) is 8.57. The third-order valence-electron chi connectivity index (χ3n) is 4.00. The van der Waals surface area contributed by atoms with E-state index in [0.29, 0.717) is 13.2 Å². The number of hydrogen-bond donors (Lipinski definition) is 1. The number of rotatable bonds is 7. The molecule has 0 spiro atoms. The van der Waals surface area contributed by atoms with E-state index in [1.165, 1.54) is 0 Å². The lowest BCUT2D eigenvalue weighted by atomic mass is 10.1. The van der Waals surface area contributed by atoms with Gasteiger partial charge in [0, 0.05) is 12.3 Å². The molecule has 2 aromatic carbocycles. The zero-order chi connectivity index (χ0) is 18.4. The van der Waals surface area contributed by atoms with Crippen LogP contribution >= 0.6 is 0 Å². The molecule has 4 nitrogen and oxygen atoms in total. The van der Waals surface area contributed by atoms with Crippen LogP contribution in [0.2, 0.25) is 0 Å². The maximum atomic E-state index is 12.4. The minimum absolute atomic E-state index is 0.161. The maximum absolute atomic E-state index is 12.4. The number of carbonyl (C=O) groups excluding carboxylic acids is 1. The van der Waals surface area contributed by atoms with E-state index < -0.39 is 5.60 Å². The number of hydrogen-bond acceptors (Lipinski definition) is 3. The van der Waals surface area contributed by atoms with Gasteiger partial charge in [-0.05, 0) is 63.4 Å². The second kappa shape index (κ2) is 8.17. The third kappa shape index (κ3) is 5.07. The van der Waals surface area contributed by atoms with Crippen LogP contribution < -0.4 is 10.1 Å². The van der Waals surface area contributed by atoms with Crippen LogP contribution in [0, 0.1) is 13.8 Å². The summed E-state index contributed by atoms with van der Waals surface area (Å²) in [7, 11) is 0. The van der Waals surface area contributed by atoms with Gasteiger partial charge in [0.2, 0.25) is 0 Å². The largest absolute Gasteiger partial charge is 0.488 e. The molecule has 134 valence electrons. The highest BCUT2D eigenvalue weighted by Gasteiger charge is 2.28. The van der Waals surface area contributed by atoms with Gasteiger partial charge in [0.1, 0.15) is 18.0 Å². The topological polar surface area (TPSA) is 47.6 Å². The molecule has 1 amide bonds. The molecule has 0 aliphatic carbocycles. The van der Waals surface area contributed by atoms with Gasteiger partial charge in [-0.15, -0.1) is 0 Å². The Hall–Kier alpha value is -2.33. The number of benzene rings is 2. The first-order chi connectivity index (χ1) is 11.8. The summed E-state index contributed by atoms with van der Waals surface area (Å²) in [5.41, 5.74) is 2.98. The van der Waals surface area contributed by atoms with E-state index in [4.69, 9.17) is 9.47 Å². The van der Waals surface area contributed by atoms with Gasteiger partial charge in [-0.1, -0.05) is 30.3 Å². The van der Waals surface area contributed by atoms with Gasteiger partial charge in [0.05, 0.1) is 0 Å². The predicted octanol–water partition coefficient (Wildman–Crippen LogP) is 4.64. The van der Waals surface area contributed by atoms with Crippen LogP contribution in [-0.4, -0.2) is 18.1 Å². The normalized spacial score (nSPS) is 11.2. The van der Waals surface area contributed by atoms with Crippen molar-refractivity contribution in [2.24, 2.45) is 0 Å². The average molecular weight is 341 g/mol. The first kappa shape index (κ1) is 19.0. The number of aryl methyl sites for hydroxylation is 2. The Labute approximate surface area is 150 Å². The van der Waals surface area contributed by atoms with E-state index in [0.717, 1.165) is 28.1 Å². The van der Waals surface area contributed by atoms with Crippen LogP contribution in [0.4, 0.5) is 5.69 Å². The van der Waals surface area contributed by atoms with Crippen molar-refractivity contribution >= 4 is 11.6 Å². The van der Waals surface area contributed by atoms with Crippen LogP contribution in [0.3, 0.4) is 0 Å². The van der Waals surface area contributed by atoms with Crippen molar-refractivity contribution in [3.05, 3.63) is 59.2 Å². The fourth-order valence-electron chi connectivity index (χ4n) is 2.69. The van der Waals surface area contributed by atoms with Gasteiger partial charge < -0.3 is 14.8 Å². The lowest BCUT2D eigenvalue weighted by Crippen LogP contribution is -2.39. The van der Waals surface area contributed by atoms with Gasteiger partial charge in [0.25, 0.3) is 5.91 Å². The second-order valence-electron chi connectivity index (χ2n) is 6.61. The van der Waals surface area contributed by atoms with E-state index in [1.807, 2.05) is 63.2 Å². The molecule has 0 heterocycles. The highest BCUT2D eigenvalue weighted by molar-refractivity contribution is 5.97. The molecule has 0 aliphatic rings. The highest BCUT2D eigenvalue weighted by atomic mass is 16.5. The number of ether oxygens (including phenoxy) is 2. The van der Waals surface area contributed by atoms with Gasteiger partial charge >= 0.3 is 0 Å². The van der Waals surface area contributed by atoms with Crippen LogP contribution in [0.25, 0.3) is 0 Å². The van der Waals surface area contributed by atoms with E-state index in [2.05, 4.69) is 5.32 Å². The summed E-state index contributed by atoms with van der Waals surface area (Å²) in [6.45, 7) is 10.4. The summed E-state index contributed by atoms with van der Waals surface area (Å²) in [6.07, 6.45) is 0. The standard InChI is InChI=1S/C21H27NO3/c1-6-25-21(4,5)20(23)22-18-12-15(2)19(16(3)13-18)24-14-17-10-8-7-9-11-17/h7-13H,6,14H2,1-5H3,(H,22,23). The minimum Gasteiger partial charge on any atom is -0.488 e. The first-order valence-corrected chi connectivity index (χ1v) is 8.57. The highest BCUT2D eigenvalue weighted by Crippen LogP contribution is 2.28. The molecular weight excluding hydrogens is 314 g/mol. The zero-order valence-corrected chi connectivity index (χ0v) is 15.7. The van der Waals surface area contributed by atoms with E-state index in [1.54, 1.807) is 13.8 Å². The Balaban J connectivity index is 2.10. The molecule has 0 radical (unpaired) electrons. The lowest BCUT2D eigenvalue weighted by molar-refractivity contribution is -0.136. The van der Waals surface area contributed by atoms with Crippen LogP contribution in [0.15, 0.2) is 42.5 Å². The van der Waals surface area contributed by atoms with E-state index in [9.17, 15) is 4.79 Å². The zero-order valence-electron chi connectivity index (χ0n) is 15.7. The Kier molecular flexibility index (Phi) is 6.21. The average Bonchev–Trinajstić information content (AvgIpc) is 2.55. The summed E-state index contributed by atoms with van der Waals surface area (Å²) < 4.78 is 11.5. The molecule has 2 aromatic rings. The smallest absolute Gasteiger partial charge is 0.256 e. The molecule has 0 saturated carbocycles. The molecule has 0 unspecified atom stereocenters. The van der Waals surface area contributed by atoms with Crippen LogP contribution in [0.1, 0.15) is 37.5 Å². The minimum atomic E-state index is -0.862. The molecule has 0 aliphatic heterocycles. The van der Waals surface area contributed by atoms with Gasteiger partial charge in [-0.2, -0.15) is 0 Å². The Morgan fingerprint density at radius 1 is 1.08 bits per heavy atom. The van der Waals surface area contributed by atoms with Crippen molar-refractivity contribution in [1.82, 2.24) is 0 Å². The van der Waals surface area contributed by atoms with E-state index in [-0.39, 0.29) is 5.91 Å². The molecular formula is C21H27NO3. The molecule has 0 aromatic heterocycles. The van der Waals surface area contributed by atoms with Gasteiger partial charge in [-0.25, -0.2) is 0 Å². The SMILES string of the molecule is CCOC(C)(C)C(=O)Nc1cc(C)c(OCc2ccccc2)c(C)c1. The van der Waals surface area contributed by atoms with Crippen molar-refractivity contribution < 1.29 is 14.3 Å².